The minimum atomic E-state index is 0.217. The number of hydrogen-bond donors (Lipinski definition) is 0. The van der Waals surface area contributed by atoms with Crippen LogP contribution in [0.15, 0.2) is 18.5 Å². The Morgan fingerprint density at radius 3 is 3.11 bits per heavy atom. The van der Waals surface area contributed by atoms with Gasteiger partial charge in [0.15, 0.2) is 0 Å². The summed E-state index contributed by atoms with van der Waals surface area (Å²) in [6.07, 6.45) is 6.39. The molecule has 0 bridgehead atoms. The highest BCUT2D eigenvalue weighted by atomic mass is 16.5. The van der Waals surface area contributed by atoms with Crippen LogP contribution in [0.4, 0.5) is 0 Å². The number of hydrogen-bond acceptors (Lipinski definition) is 3. The van der Waals surface area contributed by atoms with Gasteiger partial charge in [-0.2, -0.15) is 0 Å². The fraction of sp³-hybridized carbons (Fsp3) is 0.600. The predicted molar refractivity (Wildman–Crippen MR) is 71.5 cm³/mol. The van der Waals surface area contributed by atoms with Crippen LogP contribution in [0.1, 0.15) is 30.4 Å². The summed E-state index contributed by atoms with van der Waals surface area (Å²) in [7, 11) is 0. The van der Waals surface area contributed by atoms with Crippen molar-refractivity contribution in [2.45, 2.75) is 32.7 Å². The van der Waals surface area contributed by atoms with E-state index in [9.17, 15) is 4.79 Å². The van der Waals surface area contributed by atoms with E-state index in [1.54, 1.807) is 6.20 Å². The number of carbonyl (C=O) groups is 1. The summed E-state index contributed by atoms with van der Waals surface area (Å²) >= 11 is 0. The van der Waals surface area contributed by atoms with Crippen molar-refractivity contribution >= 4 is 5.91 Å². The lowest BCUT2D eigenvalue weighted by atomic mass is 9.79. The second kappa shape index (κ2) is 4.93. The van der Waals surface area contributed by atoms with Crippen molar-refractivity contribution in [3.63, 3.8) is 0 Å². The van der Waals surface area contributed by atoms with Crippen molar-refractivity contribution < 1.29 is 9.53 Å². The van der Waals surface area contributed by atoms with E-state index < -0.39 is 0 Å². The minimum Gasteiger partial charge on any atom is -0.381 e. The van der Waals surface area contributed by atoms with Gasteiger partial charge in [0.2, 0.25) is 5.91 Å². The second-order valence-electron chi connectivity index (χ2n) is 5.85. The van der Waals surface area contributed by atoms with Gasteiger partial charge in [0, 0.05) is 43.9 Å². The summed E-state index contributed by atoms with van der Waals surface area (Å²) in [6, 6.07) is 2.01. The smallest absolute Gasteiger partial charge is 0.222 e. The fourth-order valence-electron chi connectivity index (χ4n) is 3.10. The lowest BCUT2D eigenvalue weighted by molar-refractivity contribution is -0.138. The number of piperidine rings is 1. The van der Waals surface area contributed by atoms with Gasteiger partial charge in [0.1, 0.15) is 0 Å². The number of ether oxygens (including phenoxy) is 1. The molecule has 2 aliphatic rings. The first-order valence-corrected chi connectivity index (χ1v) is 6.94. The number of likely N-dealkylation sites (tertiary alicyclic amines) is 1. The number of aromatic nitrogens is 1. The minimum absolute atomic E-state index is 0.217. The van der Waals surface area contributed by atoms with Crippen molar-refractivity contribution in [1.82, 2.24) is 9.88 Å². The van der Waals surface area contributed by atoms with Gasteiger partial charge >= 0.3 is 0 Å². The topological polar surface area (TPSA) is 42.4 Å². The van der Waals surface area contributed by atoms with Gasteiger partial charge in [-0.05, 0) is 37.0 Å². The molecule has 2 fully saturated rings. The highest BCUT2D eigenvalue weighted by molar-refractivity contribution is 5.77. The number of pyridine rings is 1. The number of amides is 1. The maximum atomic E-state index is 12.1. The first-order chi connectivity index (χ1) is 9.19. The molecule has 0 aliphatic carbocycles. The predicted octanol–water partition coefficient (Wildman–Crippen LogP) is 1.92. The molecule has 2 aliphatic heterocycles. The quantitative estimate of drug-likeness (QED) is 0.816. The summed E-state index contributed by atoms with van der Waals surface area (Å²) in [5.74, 6) is 0.272. The normalized spacial score (nSPS) is 27.2. The van der Waals surface area contributed by atoms with E-state index in [1.807, 2.05) is 24.1 Å². The zero-order valence-electron chi connectivity index (χ0n) is 11.4. The van der Waals surface area contributed by atoms with E-state index >= 15 is 0 Å². The number of aryl methyl sites for hydroxylation is 1. The second-order valence-corrected chi connectivity index (χ2v) is 5.85. The number of carbonyl (C=O) groups excluding carboxylic acids is 1. The highest BCUT2D eigenvalue weighted by Gasteiger charge is 2.41. The van der Waals surface area contributed by atoms with E-state index in [0.29, 0.717) is 13.0 Å². The molecule has 0 radical (unpaired) electrons. The van der Waals surface area contributed by atoms with Crippen molar-refractivity contribution in [3.8, 4) is 0 Å². The third-order valence-corrected chi connectivity index (χ3v) is 4.43. The fourth-order valence-corrected chi connectivity index (χ4v) is 3.10. The standard InChI is InChI=1S/C15H20N2O2/c1-12-8-16-6-3-13(12)9-17-10-15(4-2-14(17)18)5-7-19-11-15/h3,6,8H,2,4-5,7,9-11H2,1H3/t15-/m0/s1. The largest absolute Gasteiger partial charge is 0.381 e. The SMILES string of the molecule is Cc1cnccc1CN1C[C@@]2(CCOC2)CCC1=O. The maximum absolute atomic E-state index is 12.1. The average Bonchev–Trinajstić information content (AvgIpc) is 2.85. The molecule has 1 amide bonds. The van der Waals surface area contributed by atoms with E-state index in [0.717, 1.165) is 38.2 Å². The van der Waals surface area contributed by atoms with Crippen molar-refractivity contribution in [3.05, 3.63) is 29.6 Å². The molecule has 0 unspecified atom stereocenters. The molecule has 3 heterocycles. The zero-order chi connectivity index (χ0) is 13.3. The van der Waals surface area contributed by atoms with Gasteiger partial charge in [-0.15, -0.1) is 0 Å². The van der Waals surface area contributed by atoms with Crippen molar-refractivity contribution in [1.29, 1.82) is 0 Å². The summed E-state index contributed by atoms with van der Waals surface area (Å²) in [4.78, 5) is 18.2. The van der Waals surface area contributed by atoms with Crippen molar-refractivity contribution in [2.24, 2.45) is 5.41 Å². The summed E-state index contributed by atoms with van der Waals surface area (Å²) in [5.41, 5.74) is 2.56. The molecule has 3 rings (SSSR count). The summed E-state index contributed by atoms with van der Waals surface area (Å²) < 4.78 is 5.55. The molecule has 0 N–H and O–H groups in total. The van der Waals surface area contributed by atoms with Gasteiger partial charge in [0.05, 0.1) is 6.61 Å². The lowest BCUT2D eigenvalue weighted by Gasteiger charge is -2.39. The van der Waals surface area contributed by atoms with E-state index in [1.165, 1.54) is 5.56 Å². The molecule has 19 heavy (non-hydrogen) atoms. The Morgan fingerprint density at radius 1 is 1.47 bits per heavy atom. The lowest BCUT2D eigenvalue weighted by Crippen LogP contribution is -2.46. The first kappa shape index (κ1) is 12.6. The molecule has 1 atom stereocenters. The molecule has 1 aromatic rings. The van der Waals surface area contributed by atoms with Gasteiger partial charge in [-0.3, -0.25) is 9.78 Å². The van der Waals surface area contributed by atoms with Gasteiger partial charge < -0.3 is 9.64 Å². The molecular weight excluding hydrogens is 240 g/mol. The summed E-state index contributed by atoms with van der Waals surface area (Å²) in [6.45, 7) is 5.25. The van der Waals surface area contributed by atoms with Crippen LogP contribution >= 0.6 is 0 Å². The Balaban J connectivity index is 1.75. The highest BCUT2D eigenvalue weighted by Crippen LogP contribution is 2.38. The molecule has 1 spiro atoms. The van der Waals surface area contributed by atoms with Gasteiger partial charge in [-0.1, -0.05) is 0 Å². The van der Waals surface area contributed by atoms with Crippen LogP contribution < -0.4 is 0 Å². The monoisotopic (exact) mass is 260 g/mol. The van der Waals surface area contributed by atoms with Crippen molar-refractivity contribution in [2.75, 3.05) is 19.8 Å². The van der Waals surface area contributed by atoms with Crippen LogP contribution in [0.3, 0.4) is 0 Å². The number of nitrogens with zero attached hydrogens (tertiary/aromatic N) is 2. The van der Waals surface area contributed by atoms with E-state index in [2.05, 4.69) is 4.98 Å². The van der Waals surface area contributed by atoms with Crippen LogP contribution in [0.25, 0.3) is 0 Å². The molecule has 102 valence electrons. The number of rotatable bonds is 2. The Hall–Kier alpha value is -1.42. The Morgan fingerprint density at radius 2 is 2.37 bits per heavy atom. The molecule has 4 nitrogen and oxygen atoms in total. The van der Waals surface area contributed by atoms with Crippen LogP contribution in [0.2, 0.25) is 0 Å². The zero-order valence-corrected chi connectivity index (χ0v) is 11.4. The molecular formula is C15H20N2O2. The van der Waals surface area contributed by atoms with Crippen LogP contribution in [-0.2, 0) is 16.1 Å². The van der Waals surface area contributed by atoms with E-state index in [4.69, 9.17) is 4.74 Å². The average molecular weight is 260 g/mol. The molecule has 0 aromatic carbocycles. The molecule has 0 saturated carbocycles. The first-order valence-electron chi connectivity index (χ1n) is 6.94. The molecule has 1 aromatic heterocycles. The Labute approximate surface area is 113 Å². The van der Waals surface area contributed by atoms with E-state index in [-0.39, 0.29) is 11.3 Å². The molecule has 2 saturated heterocycles. The van der Waals surface area contributed by atoms with Crippen LogP contribution in [0, 0.1) is 12.3 Å². The molecule has 4 heteroatoms. The summed E-state index contributed by atoms with van der Waals surface area (Å²) in [5, 5.41) is 0. The third-order valence-electron chi connectivity index (χ3n) is 4.43. The van der Waals surface area contributed by atoms with Crippen LogP contribution in [-0.4, -0.2) is 35.5 Å². The Bertz CT molecular complexity index is 481. The Kier molecular flexibility index (Phi) is 3.27. The van der Waals surface area contributed by atoms with Gasteiger partial charge in [-0.25, -0.2) is 0 Å². The van der Waals surface area contributed by atoms with Crippen LogP contribution in [0.5, 0.6) is 0 Å². The third kappa shape index (κ3) is 2.50. The maximum Gasteiger partial charge on any atom is 0.222 e. The van der Waals surface area contributed by atoms with Gasteiger partial charge in [0.25, 0.3) is 0 Å².